The summed E-state index contributed by atoms with van der Waals surface area (Å²) in [6.07, 6.45) is 3.06. The number of aromatic nitrogens is 3. The van der Waals surface area contributed by atoms with E-state index in [9.17, 15) is 9.59 Å². The van der Waals surface area contributed by atoms with Crippen LogP contribution in [0.2, 0.25) is 0 Å². The lowest BCUT2D eigenvalue weighted by molar-refractivity contribution is 0.544. The summed E-state index contributed by atoms with van der Waals surface area (Å²) < 4.78 is 2.57. The van der Waals surface area contributed by atoms with Gasteiger partial charge < -0.3 is 0 Å². The Morgan fingerprint density at radius 3 is 2.53 bits per heavy atom. The molecule has 0 N–H and O–H groups in total. The van der Waals surface area contributed by atoms with Crippen LogP contribution < -0.4 is 11.2 Å². The van der Waals surface area contributed by atoms with Crippen LogP contribution in [0.3, 0.4) is 0 Å². The molecular weight excluding hydrogens is 218 g/mol. The molecule has 0 aromatic carbocycles. The van der Waals surface area contributed by atoms with Crippen molar-refractivity contribution >= 4 is 0 Å². The molecule has 2 aromatic heterocycles. The fourth-order valence-electron chi connectivity index (χ4n) is 1.58. The first-order valence-electron chi connectivity index (χ1n) is 5.37. The van der Waals surface area contributed by atoms with Crippen molar-refractivity contribution in [3.8, 4) is 5.82 Å². The topological polar surface area (TPSA) is 56.9 Å². The molecule has 2 rings (SSSR count). The fourth-order valence-corrected chi connectivity index (χ4v) is 1.58. The molecule has 0 amide bonds. The lowest BCUT2D eigenvalue weighted by Crippen LogP contribution is -2.38. The Hall–Kier alpha value is -2.17. The second-order valence-corrected chi connectivity index (χ2v) is 3.96. The predicted octanol–water partition coefficient (Wildman–Crippen LogP) is 0.975. The van der Waals surface area contributed by atoms with Gasteiger partial charge in [-0.2, -0.15) is 0 Å². The Kier molecular flexibility index (Phi) is 2.91. The summed E-state index contributed by atoms with van der Waals surface area (Å²) in [6, 6.07) is 6.47. The van der Waals surface area contributed by atoms with E-state index in [1.165, 1.54) is 16.8 Å². The molecule has 0 saturated heterocycles. The van der Waals surface area contributed by atoms with Gasteiger partial charge in [0.25, 0.3) is 5.56 Å². The highest BCUT2D eigenvalue weighted by molar-refractivity contribution is 5.21. The second-order valence-electron chi connectivity index (χ2n) is 3.96. The summed E-state index contributed by atoms with van der Waals surface area (Å²) in [6.45, 7) is 3.77. The van der Waals surface area contributed by atoms with Crippen molar-refractivity contribution in [2.24, 2.45) is 0 Å². The van der Waals surface area contributed by atoms with E-state index in [2.05, 4.69) is 4.98 Å². The lowest BCUT2D eigenvalue weighted by atomic mass is 10.4. The lowest BCUT2D eigenvalue weighted by Gasteiger charge is -2.11. The maximum Gasteiger partial charge on any atom is 0.337 e. The van der Waals surface area contributed by atoms with Crippen molar-refractivity contribution in [3.05, 3.63) is 57.5 Å². The van der Waals surface area contributed by atoms with Crippen LogP contribution in [0.1, 0.15) is 19.9 Å². The minimum Gasteiger partial charge on any atom is -0.298 e. The molecule has 0 saturated carbocycles. The largest absolute Gasteiger partial charge is 0.337 e. The maximum absolute atomic E-state index is 12.1. The van der Waals surface area contributed by atoms with Gasteiger partial charge in [0.05, 0.1) is 0 Å². The van der Waals surface area contributed by atoms with Crippen molar-refractivity contribution in [1.82, 2.24) is 14.1 Å². The highest BCUT2D eigenvalue weighted by Gasteiger charge is 2.09. The number of pyridine rings is 1. The Balaban J connectivity index is 2.75. The van der Waals surface area contributed by atoms with Crippen LogP contribution in [0.25, 0.3) is 5.82 Å². The summed E-state index contributed by atoms with van der Waals surface area (Å²) in [5.41, 5.74) is -0.739. The molecule has 0 aliphatic rings. The van der Waals surface area contributed by atoms with Crippen molar-refractivity contribution in [2.45, 2.75) is 19.9 Å². The van der Waals surface area contributed by atoms with Gasteiger partial charge in [-0.3, -0.25) is 9.36 Å². The number of hydrogen-bond acceptors (Lipinski definition) is 3. The summed E-state index contributed by atoms with van der Waals surface area (Å²) in [5.74, 6) is 0.345. The van der Waals surface area contributed by atoms with Crippen molar-refractivity contribution < 1.29 is 0 Å². The third kappa shape index (κ3) is 2.04. The Morgan fingerprint density at radius 2 is 1.94 bits per heavy atom. The van der Waals surface area contributed by atoms with Gasteiger partial charge in [-0.1, -0.05) is 6.07 Å². The van der Waals surface area contributed by atoms with Gasteiger partial charge in [0, 0.05) is 24.5 Å². The molecule has 88 valence electrons. The van der Waals surface area contributed by atoms with Crippen LogP contribution in [-0.2, 0) is 0 Å². The second kappa shape index (κ2) is 4.37. The molecule has 0 aliphatic heterocycles. The van der Waals surface area contributed by atoms with E-state index in [-0.39, 0.29) is 17.3 Å². The zero-order valence-corrected chi connectivity index (χ0v) is 9.70. The Bertz CT molecular complexity index is 626. The average molecular weight is 231 g/mol. The van der Waals surface area contributed by atoms with Gasteiger partial charge in [0.1, 0.15) is 5.82 Å². The molecule has 0 fully saturated rings. The van der Waals surface area contributed by atoms with Crippen molar-refractivity contribution in [3.63, 3.8) is 0 Å². The van der Waals surface area contributed by atoms with Crippen LogP contribution in [-0.4, -0.2) is 14.1 Å². The average Bonchev–Trinajstić information content (AvgIpc) is 2.30. The SMILES string of the molecule is CC(C)n1ccc(=O)n(-c2ccccn2)c1=O. The highest BCUT2D eigenvalue weighted by Crippen LogP contribution is 1.99. The van der Waals surface area contributed by atoms with Crippen LogP contribution in [0.5, 0.6) is 0 Å². The third-order valence-electron chi connectivity index (χ3n) is 2.44. The van der Waals surface area contributed by atoms with E-state index in [4.69, 9.17) is 0 Å². The van der Waals surface area contributed by atoms with E-state index >= 15 is 0 Å². The van der Waals surface area contributed by atoms with Gasteiger partial charge in [0.15, 0.2) is 0 Å². The molecule has 0 unspecified atom stereocenters. The quantitative estimate of drug-likeness (QED) is 0.774. The monoisotopic (exact) mass is 231 g/mol. The Labute approximate surface area is 98.0 Å². The van der Waals surface area contributed by atoms with E-state index in [0.717, 1.165) is 4.57 Å². The molecular formula is C12H13N3O2. The fraction of sp³-hybridized carbons (Fsp3) is 0.250. The van der Waals surface area contributed by atoms with E-state index in [1.807, 2.05) is 13.8 Å². The molecule has 5 heteroatoms. The summed E-state index contributed by atoms with van der Waals surface area (Å²) >= 11 is 0. The molecule has 2 heterocycles. The van der Waals surface area contributed by atoms with Crippen LogP contribution >= 0.6 is 0 Å². The molecule has 2 aromatic rings. The van der Waals surface area contributed by atoms with Crippen LogP contribution in [0, 0.1) is 0 Å². The maximum atomic E-state index is 12.1. The normalized spacial score (nSPS) is 10.8. The minimum atomic E-state index is -0.370. The first-order valence-corrected chi connectivity index (χ1v) is 5.37. The smallest absolute Gasteiger partial charge is 0.298 e. The predicted molar refractivity (Wildman–Crippen MR) is 64.5 cm³/mol. The summed E-state index contributed by atoms with van der Waals surface area (Å²) in [7, 11) is 0. The third-order valence-corrected chi connectivity index (χ3v) is 2.44. The van der Waals surface area contributed by atoms with Gasteiger partial charge in [-0.25, -0.2) is 14.3 Å². The van der Waals surface area contributed by atoms with Gasteiger partial charge >= 0.3 is 5.69 Å². The number of nitrogens with zero attached hydrogens (tertiary/aromatic N) is 3. The van der Waals surface area contributed by atoms with E-state index < -0.39 is 0 Å². The zero-order chi connectivity index (χ0) is 12.4. The molecule has 0 radical (unpaired) electrons. The zero-order valence-electron chi connectivity index (χ0n) is 9.70. The van der Waals surface area contributed by atoms with Gasteiger partial charge in [0.2, 0.25) is 0 Å². The Morgan fingerprint density at radius 1 is 1.18 bits per heavy atom. The first kappa shape index (κ1) is 11.3. The number of rotatable bonds is 2. The molecule has 0 aliphatic carbocycles. The van der Waals surface area contributed by atoms with Gasteiger partial charge in [-0.15, -0.1) is 0 Å². The van der Waals surface area contributed by atoms with Gasteiger partial charge in [-0.05, 0) is 26.0 Å². The highest BCUT2D eigenvalue weighted by atomic mass is 16.2. The van der Waals surface area contributed by atoms with Crippen molar-refractivity contribution in [2.75, 3.05) is 0 Å². The molecule has 17 heavy (non-hydrogen) atoms. The summed E-state index contributed by atoms with van der Waals surface area (Å²) in [5, 5.41) is 0. The van der Waals surface area contributed by atoms with Crippen LogP contribution in [0.4, 0.5) is 0 Å². The van der Waals surface area contributed by atoms with Crippen molar-refractivity contribution in [1.29, 1.82) is 0 Å². The standard InChI is InChI=1S/C12H13N3O2/c1-9(2)14-8-6-11(16)15(12(14)17)10-5-3-4-7-13-10/h3-9H,1-2H3. The minimum absolute atomic E-state index is 0.00179. The van der Waals surface area contributed by atoms with E-state index in [0.29, 0.717) is 5.82 Å². The molecule has 0 atom stereocenters. The molecule has 0 bridgehead atoms. The summed E-state index contributed by atoms with van der Waals surface area (Å²) in [4.78, 5) is 27.9. The van der Waals surface area contributed by atoms with E-state index in [1.54, 1.807) is 24.4 Å². The molecule has 5 nitrogen and oxygen atoms in total. The number of hydrogen-bond donors (Lipinski definition) is 0. The van der Waals surface area contributed by atoms with Crippen LogP contribution in [0.15, 0.2) is 46.2 Å². The molecule has 0 spiro atoms. The first-order chi connectivity index (χ1) is 8.11.